The average molecular weight is 339 g/mol. The van der Waals surface area contributed by atoms with Crippen LogP contribution in [0.4, 0.5) is 5.69 Å². The summed E-state index contributed by atoms with van der Waals surface area (Å²) in [6.45, 7) is 10.4. The highest BCUT2D eigenvalue weighted by Crippen LogP contribution is 2.36. The zero-order valence-corrected chi connectivity index (χ0v) is 16.2. The lowest BCUT2D eigenvalue weighted by Crippen LogP contribution is -2.32. The van der Waals surface area contributed by atoms with Crippen molar-refractivity contribution in [1.29, 1.82) is 0 Å². The third kappa shape index (κ3) is 4.53. The van der Waals surface area contributed by atoms with Crippen LogP contribution in [-0.2, 0) is 9.59 Å². The molecule has 25 heavy (non-hydrogen) atoms. The van der Waals surface area contributed by atoms with Crippen LogP contribution < -0.4 is 4.90 Å². The number of carbonyl (C=O) groups excluding carboxylic acids is 2. The molecule has 0 N–H and O–H groups in total. The molecular weight excluding hydrogens is 309 g/mol. The number of hydrogen-bond acceptors (Lipinski definition) is 2. The highest BCUT2D eigenvalue weighted by molar-refractivity contribution is 6.21. The fourth-order valence-electron chi connectivity index (χ4n) is 4.01. The summed E-state index contributed by atoms with van der Waals surface area (Å²) in [6.07, 6.45) is 3.08. The Labute approximate surface area is 153 Å². The standard InChI is InChI=1S/C21H30BNO2/c1-6-15(7-2)18-12-19(24)23(20(18)25)17-10-8-16(9-11-17)14(3)13-21(4,5)22/h8-11,14-15,18H,6-7,12-13H2,1-5H3. The van der Waals surface area contributed by atoms with E-state index in [0.717, 1.165) is 19.3 Å². The number of carbonyl (C=O) groups is 2. The molecule has 1 heterocycles. The molecule has 0 bridgehead atoms. The molecule has 0 saturated carbocycles. The van der Waals surface area contributed by atoms with Crippen molar-refractivity contribution in [3.05, 3.63) is 29.8 Å². The number of hydrogen-bond donors (Lipinski definition) is 0. The lowest BCUT2D eigenvalue weighted by Gasteiger charge is -2.24. The van der Waals surface area contributed by atoms with Crippen LogP contribution in [0.2, 0.25) is 5.31 Å². The van der Waals surface area contributed by atoms with Gasteiger partial charge in [0, 0.05) is 6.42 Å². The third-order valence-corrected chi connectivity index (χ3v) is 5.35. The minimum Gasteiger partial charge on any atom is -0.274 e. The van der Waals surface area contributed by atoms with E-state index in [9.17, 15) is 9.59 Å². The Morgan fingerprint density at radius 1 is 1.16 bits per heavy atom. The molecule has 1 fully saturated rings. The van der Waals surface area contributed by atoms with Gasteiger partial charge in [-0.15, -0.1) is 0 Å². The van der Waals surface area contributed by atoms with E-state index in [1.165, 1.54) is 10.5 Å². The van der Waals surface area contributed by atoms with Gasteiger partial charge in [0.05, 0.1) is 19.5 Å². The molecule has 2 radical (unpaired) electrons. The van der Waals surface area contributed by atoms with E-state index in [-0.39, 0.29) is 29.0 Å². The zero-order valence-electron chi connectivity index (χ0n) is 16.2. The maximum Gasteiger partial charge on any atom is 0.237 e. The van der Waals surface area contributed by atoms with E-state index in [2.05, 4.69) is 20.8 Å². The summed E-state index contributed by atoms with van der Waals surface area (Å²) < 4.78 is 0. The Morgan fingerprint density at radius 2 is 1.72 bits per heavy atom. The van der Waals surface area contributed by atoms with Crippen LogP contribution in [0.3, 0.4) is 0 Å². The number of imide groups is 1. The first-order valence-corrected chi connectivity index (χ1v) is 9.43. The molecule has 1 aromatic carbocycles. The number of amides is 2. The van der Waals surface area contributed by atoms with Crippen molar-refractivity contribution in [3.8, 4) is 0 Å². The summed E-state index contributed by atoms with van der Waals surface area (Å²) in [5, 5.41) is -0.221. The van der Waals surface area contributed by atoms with E-state index in [0.29, 0.717) is 18.0 Å². The number of anilines is 1. The molecule has 0 spiro atoms. The summed E-state index contributed by atoms with van der Waals surface area (Å²) in [4.78, 5) is 26.6. The van der Waals surface area contributed by atoms with Crippen molar-refractivity contribution in [2.75, 3.05) is 4.90 Å². The van der Waals surface area contributed by atoms with Gasteiger partial charge in [-0.05, 0) is 36.0 Å². The molecule has 1 aliphatic rings. The average Bonchev–Trinajstić information content (AvgIpc) is 2.82. The molecule has 1 aliphatic heterocycles. The highest BCUT2D eigenvalue weighted by Gasteiger charge is 2.42. The topological polar surface area (TPSA) is 37.4 Å². The first-order valence-electron chi connectivity index (χ1n) is 9.43. The minimum atomic E-state index is -0.221. The Hall–Kier alpha value is -1.58. The fourth-order valence-corrected chi connectivity index (χ4v) is 4.01. The van der Waals surface area contributed by atoms with Crippen LogP contribution >= 0.6 is 0 Å². The van der Waals surface area contributed by atoms with Gasteiger partial charge >= 0.3 is 0 Å². The lowest BCUT2D eigenvalue weighted by molar-refractivity contribution is -0.123. The van der Waals surface area contributed by atoms with Gasteiger partial charge in [0.2, 0.25) is 11.8 Å². The van der Waals surface area contributed by atoms with E-state index >= 15 is 0 Å². The van der Waals surface area contributed by atoms with E-state index in [1.807, 2.05) is 38.1 Å². The Bertz CT molecular complexity index is 614. The van der Waals surface area contributed by atoms with Crippen LogP contribution in [0.5, 0.6) is 0 Å². The molecule has 1 aromatic rings. The lowest BCUT2D eigenvalue weighted by atomic mass is 9.66. The van der Waals surface area contributed by atoms with E-state index in [4.69, 9.17) is 7.85 Å². The van der Waals surface area contributed by atoms with Gasteiger partial charge in [-0.25, -0.2) is 0 Å². The number of nitrogens with zero attached hydrogens (tertiary/aromatic N) is 1. The van der Waals surface area contributed by atoms with Crippen molar-refractivity contribution in [2.45, 2.75) is 71.5 Å². The first kappa shape index (κ1) is 19.7. The van der Waals surface area contributed by atoms with Crippen molar-refractivity contribution in [2.24, 2.45) is 11.8 Å². The molecular formula is C21H30BNO2. The maximum atomic E-state index is 12.8. The Kier molecular flexibility index (Phi) is 6.13. The molecule has 2 atom stereocenters. The van der Waals surface area contributed by atoms with Gasteiger partial charge in [0.25, 0.3) is 0 Å². The SMILES string of the molecule is [B]C(C)(C)CC(C)c1ccc(N2C(=O)CC(C(CC)CC)C2=O)cc1. The predicted molar refractivity (Wildman–Crippen MR) is 104 cm³/mol. The first-order chi connectivity index (χ1) is 11.7. The maximum absolute atomic E-state index is 12.8. The smallest absolute Gasteiger partial charge is 0.237 e. The third-order valence-electron chi connectivity index (χ3n) is 5.35. The Morgan fingerprint density at radius 3 is 2.20 bits per heavy atom. The van der Waals surface area contributed by atoms with Gasteiger partial charge in [-0.2, -0.15) is 0 Å². The quantitative estimate of drug-likeness (QED) is 0.525. The highest BCUT2D eigenvalue weighted by atomic mass is 16.2. The summed E-state index contributed by atoms with van der Waals surface area (Å²) >= 11 is 0. The largest absolute Gasteiger partial charge is 0.274 e. The minimum absolute atomic E-state index is 0.0393. The fraction of sp³-hybridized carbons (Fsp3) is 0.619. The van der Waals surface area contributed by atoms with Gasteiger partial charge < -0.3 is 0 Å². The molecule has 3 nitrogen and oxygen atoms in total. The van der Waals surface area contributed by atoms with Crippen LogP contribution in [0, 0.1) is 11.8 Å². The normalized spacial score (nSPS) is 19.8. The van der Waals surface area contributed by atoms with Gasteiger partial charge in [-0.3, -0.25) is 14.5 Å². The number of benzene rings is 1. The van der Waals surface area contributed by atoms with Crippen LogP contribution in [0.15, 0.2) is 24.3 Å². The second-order valence-electron chi connectivity index (χ2n) is 8.14. The molecule has 0 aromatic heterocycles. The van der Waals surface area contributed by atoms with Crippen LogP contribution in [-0.4, -0.2) is 19.7 Å². The van der Waals surface area contributed by atoms with Gasteiger partial charge in [0.15, 0.2) is 0 Å². The van der Waals surface area contributed by atoms with Gasteiger partial charge in [-0.1, -0.05) is 64.9 Å². The molecule has 2 amide bonds. The summed E-state index contributed by atoms with van der Waals surface area (Å²) in [5.41, 5.74) is 1.87. The van der Waals surface area contributed by atoms with Crippen molar-refractivity contribution in [1.82, 2.24) is 0 Å². The van der Waals surface area contributed by atoms with Crippen molar-refractivity contribution in [3.63, 3.8) is 0 Å². The van der Waals surface area contributed by atoms with Crippen molar-refractivity contribution < 1.29 is 9.59 Å². The molecule has 134 valence electrons. The zero-order chi connectivity index (χ0) is 18.8. The monoisotopic (exact) mass is 339 g/mol. The van der Waals surface area contributed by atoms with Crippen molar-refractivity contribution >= 4 is 25.3 Å². The summed E-state index contributed by atoms with van der Waals surface area (Å²) in [5.74, 6) is 0.330. The van der Waals surface area contributed by atoms with E-state index < -0.39 is 0 Å². The van der Waals surface area contributed by atoms with E-state index in [1.54, 1.807) is 0 Å². The Balaban J connectivity index is 2.16. The predicted octanol–water partition coefficient (Wildman–Crippen LogP) is 4.86. The summed E-state index contributed by atoms with van der Waals surface area (Å²) in [7, 11) is 6.11. The number of rotatable bonds is 7. The molecule has 2 rings (SSSR count). The molecule has 1 saturated heterocycles. The molecule has 0 aliphatic carbocycles. The molecule has 2 unspecified atom stereocenters. The second-order valence-corrected chi connectivity index (χ2v) is 8.14. The van der Waals surface area contributed by atoms with Gasteiger partial charge in [0.1, 0.15) is 0 Å². The summed E-state index contributed by atoms with van der Waals surface area (Å²) in [6, 6.07) is 7.80. The van der Waals surface area contributed by atoms with Crippen LogP contribution in [0.1, 0.15) is 71.8 Å². The van der Waals surface area contributed by atoms with Crippen LogP contribution in [0.25, 0.3) is 0 Å². The second kappa shape index (κ2) is 7.76. The molecule has 4 heteroatoms.